The third-order valence-corrected chi connectivity index (χ3v) is 3.19. The molecule has 0 fully saturated rings. The van der Waals surface area contributed by atoms with E-state index in [-0.39, 0.29) is 0 Å². The molecule has 0 saturated heterocycles. The maximum absolute atomic E-state index is 2.33. The lowest BCUT2D eigenvalue weighted by Gasteiger charge is -1.95. The van der Waals surface area contributed by atoms with E-state index in [9.17, 15) is 0 Å². The summed E-state index contributed by atoms with van der Waals surface area (Å²) in [4.78, 5) is 0. The molecule has 0 nitrogen and oxygen atoms in total. The van der Waals surface area contributed by atoms with E-state index in [1.807, 2.05) is 0 Å². The minimum Gasteiger partial charge on any atom is -0.0885 e. The molecular formula is C20H34. The van der Waals surface area contributed by atoms with Gasteiger partial charge in [-0.3, -0.25) is 0 Å². The fourth-order valence-electron chi connectivity index (χ4n) is 1.96. The average molecular weight is 274 g/mol. The Hall–Kier alpha value is -1.04. The highest BCUT2D eigenvalue weighted by Gasteiger charge is 1.85. The van der Waals surface area contributed by atoms with Gasteiger partial charge in [0.2, 0.25) is 0 Å². The van der Waals surface area contributed by atoms with Crippen LogP contribution in [0.4, 0.5) is 0 Å². The molecule has 0 spiro atoms. The van der Waals surface area contributed by atoms with Crippen molar-refractivity contribution in [1.82, 2.24) is 0 Å². The van der Waals surface area contributed by atoms with Gasteiger partial charge in [-0.15, -0.1) is 0 Å². The Labute approximate surface area is 127 Å². The van der Waals surface area contributed by atoms with E-state index in [0.717, 1.165) is 25.7 Å². The molecule has 0 N–H and O–H groups in total. The molecule has 114 valence electrons. The molecule has 0 atom stereocenters. The maximum Gasteiger partial charge on any atom is -0.0169 e. The van der Waals surface area contributed by atoms with Crippen LogP contribution in [0.1, 0.15) is 78.1 Å². The highest BCUT2D eigenvalue weighted by atomic mass is 13.9. The standard InChI is InChI=1S/C20H34/c1-3-5-7-9-11-13-15-17-19-20-18-16-14-12-10-8-6-4-2/h5,7,11,13,16-19H,3-4,6,8-10,12,14-15,20H2,1-2H3. The van der Waals surface area contributed by atoms with Crippen molar-refractivity contribution in [2.24, 2.45) is 0 Å². The van der Waals surface area contributed by atoms with Gasteiger partial charge < -0.3 is 0 Å². The molecule has 0 rings (SSSR count). The Balaban J connectivity index is 3.32. The summed E-state index contributed by atoms with van der Waals surface area (Å²) in [5.41, 5.74) is 0. The lowest BCUT2D eigenvalue weighted by Crippen LogP contribution is -1.75. The summed E-state index contributed by atoms with van der Waals surface area (Å²) < 4.78 is 0. The third-order valence-electron chi connectivity index (χ3n) is 3.19. The second-order valence-electron chi connectivity index (χ2n) is 5.20. The zero-order valence-electron chi connectivity index (χ0n) is 13.7. The van der Waals surface area contributed by atoms with Crippen LogP contribution in [-0.2, 0) is 0 Å². The minimum atomic E-state index is 1.06. The Morgan fingerprint density at radius 2 is 1.00 bits per heavy atom. The highest BCUT2D eigenvalue weighted by molar-refractivity contribution is 4.99. The van der Waals surface area contributed by atoms with Crippen molar-refractivity contribution >= 4 is 0 Å². The van der Waals surface area contributed by atoms with Crippen molar-refractivity contribution in [2.75, 3.05) is 0 Å². The quantitative estimate of drug-likeness (QED) is 0.247. The van der Waals surface area contributed by atoms with E-state index in [0.29, 0.717) is 0 Å². The molecule has 0 aliphatic heterocycles. The van der Waals surface area contributed by atoms with Gasteiger partial charge in [0.1, 0.15) is 0 Å². The van der Waals surface area contributed by atoms with Crippen molar-refractivity contribution in [3.8, 4) is 0 Å². The largest absolute Gasteiger partial charge is 0.0885 e. The lowest BCUT2D eigenvalue weighted by molar-refractivity contribution is 0.637. The first-order chi connectivity index (χ1) is 9.91. The van der Waals surface area contributed by atoms with Crippen LogP contribution in [0, 0.1) is 0 Å². The molecular weight excluding hydrogens is 240 g/mol. The molecule has 0 bridgehead atoms. The van der Waals surface area contributed by atoms with Gasteiger partial charge in [0.15, 0.2) is 0 Å². The third kappa shape index (κ3) is 17.0. The zero-order valence-corrected chi connectivity index (χ0v) is 13.7. The van der Waals surface area contributed by atoms with E-state index in [2.05, 4.69) is 62.5 Å². The number of unbranched alkanes of at least 4 members (excludes halogenated alkanes) is 5. The van der Waals surface area contributed by atoms with Gasteiger partial charge in [0, 0.05) is 0 Å². The molecule has 0 amide bonds. The van der Waals surface area contributed by atoms with Crippen molar-refractivity contribution in [2.45, 2.75) is 78.1 Å². The van der Waals surface area contributed by atoms with Crippen molar-refractivity contribution < 1.29 is 0 Å². The second-order valence-corrected chi connectivity index (χ2v) is 5.20. The van der Waals surface area contributed by atoms with Gasteiger partial charge in [0.05, 0.1) is 0 Å². The van der Waals surface area contributed by atoms with Crippen molar-refractivity contribution in [1.29, 1.82) is 0 Å². The predicted octanol–water partition coefficient (Wildman–Crippen LogP) is 7.15. The Morgan fingerprint density at radius 1 is 0.500 bits per heavy atom. The van der Waals surface area contributed by atoms with Crippen LogP contribution in [0.3, 0.4) is 0 Å². The SMILES string of the molecule is CCC=CCC=CCC=CCC=CCCCCCCC. The highest BCUT2D eigenvalue weighted by Crippen LogP contribution is 2.05. The van der Waals surface area contributed by atoms with Crippen LogP contribution in [0.25, 0.3) is 0 Å². The summed E-state index contributed by atoms with van der Waals surface area (Å²) in [6.45, 7) is 4.44. The summed E-state index contributed by atoms with van der Waals surface area (Å²) in [5.74, 6) is 0. The molecule has 0 unspecified atom stereocenters. The van der Waals surface area contributed by atoms with Crippen molar-refractivity contribution in [3.63, 3.8) is 0 Å². The summed E-state index contributed by atoms with van der Waals surface area (Å²) in [6, 6.07) is 0. The molecule has 0 aliphatic carbocycles. The molecule has 0 saturated carbocycles. The minimum absolute atomic E-state index is 1.06. The van der Waals surface area contributed by atoms with E-state index >= 15 is 0 Å². The molecule has 0 aromatic carbocycles. The van der Waals surface area contributed by atoms with Gasteiger partial charge in [0.25, 0.3) is 0 Å². The van der Waals surface area contributed by atoms with Gasteiger partial charge in [-0.05, 0) is 38.5 Å². The Kier molecular flexibility index (Phi) is 17.0. The summed E-state index contributed by atoms with van der Waals surface area (Å²) in [5, 5.41) is 0. The topological polar surface area (TPSA) is 0 Å². The first kappa shape index (κ1) is 19.0. The first-order valence-electron chi connectivity index (χ1n) is 8.51. The Bertz CT molecular complexity index is 278. The van der Waals surface area contributed by atoms with Gasteiger partial charge >= 0.3 is 0 Å². The molecule has 0 heterocycles. The molecule has 0 heteroatoms. The summed E-state index contributed by atoms with van der Waals surface area (Å²) in [6.07, 6.45) is 30.6. The normalized spacial score (nSPS) is 12.7. The van der Waals surface area contributed by atoms with Crippen LogP contribution in [-0.4, -0.2) is 0 Å². The average Bonchev–Trinajstić information content (AvgIpc) is 2.47. The van der Waals surface area contributed by atoms with Gasteiger partial charge in [-0.1, -0.05) is 88.1 Å². The van der Waals surface area contributed by atoms with E-state index in [4.69, 9.17) is 0 Å². The summed E-state index contributed by atoms with van der Waals surface area (Å²) >= 11 is 0. The molecule has 0 aromatic heterocycles. The fraction of sp³-hybridized carbons (Fsp3) is 0.600. The van der Waals surface area contributed by atoms with Crippen molar-refractivity contribution in [3.05, 3.63) is 48.6 Å². The number of hydrogen-bond acceptors (Lipinski definition) is 0. The molecule has 0 aromatic rings. The van der Waals surface area contributed by atoms with Crippen LogP contribution in [0.5, 0.6) is 0 Å². The smallest absolute Gasteiger partial charge is 0.0169 e. The maximum atomic E-state index is 2.33. The monoisotopic (exact) mass is 274 g/mol. The molecule has 0 radical (unpaired) electrons. The van der Waals surface area contributed by atoms with Crippen LogP contribution in [0.15, 0.2) is 48.6 Å². The zero-order chi connectivity index (χ0) is 14.7. The van der Waals surface area contributed by atoms with Crippen LogP contribution in [0.2, 0.25) is 0 Å². The second kappa shape index (κ2) is 18.0. The van der Waals surface area contributed by atoms with E-state index in [1.54, 1.807) is 0 Å². The predicted molar refractivity (Wildman–Crippen MR) is 94.1 cm³/mol. The molecule has 20 heavy (non-hydrogen) atoms. The van der Waals surface area contributed by atoms with E-state index in [1.165, 1.54) is 38.5 Å². The Morgan fingerprint density at radius 3 is 1.55 bits per heavy atom. The molecule has 0 aliphatic rings. The lowest BCUT2D eigenvalue weighted by atomic mass is 10.1. The first-order valence-corrected chi connectivity index (χ1v) is 8.51. The van der Waals surface area contributed by atoms with Gasteiger partial charge in [-0.25, -0.2) is 0 Å². The van der Waals surface area contributed by atoms with E-state index < -0.39 is 0 Å². The number of hydrogen-bond donors (Lipinski definition) is 0. The van der Waals surface area contributed by atoms with Gasteiger partial charge in [-0.2, -0.15) is 0 Å². The summed E-state index contributed by atoms with van der Waals surface area (Å²) in [7, 11) is 0. The van der Waals surface area contributed by atoms with Crippen LogP contribution < -0.4 is 0 Å². The number of rotatable bonds is 13. The van der Waals surface area contributed by atoms with Crippen LogP contribution >= 0.6 is 0 Å². The fourth-order valence-corrected chi connectivity index (χ4v) is 1.96. The number of allylic oxidation sites excluding steroid dienone is 8.